The Morgan fingerprint density at radius 1 is 1.06 bits per heavy atom. The van der Waals surface area contributed by atoms with Gasteiger partial charge in [-0.05, 0) is 56.5 Å². The molecule has 2 heterocycles. The van der Waals surface area contributed by atoms with E-state index in [1.807, 2.05) is 13.0 Å². The molecule has 1 atom stereocenters. The van der Waals surface area contributed by atoms with Crippen molar-refractivity contribution in [3.8, 4) is 17.0 Å². The Balaban J connectivity index is 1.88. The van der Waals surface area contributed by atoms with Crippen molar-refractivity contribution in [2.24, 2.45) is 5.92 Å². The minimum absolute atomic E-state index is 0.0798. The molecule has 1 unspecified atom stereocenters. The summed E-state index contributed by atoms with van der Waals surface area (Å²) in [7, 11) is 0. The second kappa shape index (κ2) is 12.6. The van der Waals surface area contributed by atoms with Crippen molar-refractivity contribution < 1.29 is 14.3 Å². The minimum atomic E-state index is -0.358. The van der Waals surface area contributed by atoms with E-state index in [1.54, 1.807) is 6.92 Å². The smallest absolute Gasteiger partial charge is 0.333 e. The van der Waals surface area contributed by atoms with Crippen LogP contribution in [-0.4, -0.2) is 28.7 Å². The van der Waals surface area contributed by atoms with Crippen molar-refractivity contribution in [3.63, 3.8) is 0 Å². The monoisotopic (exact) mass is 476 g/mol. The maximum Gasteiger partial charge on any atom is 0.333 e. The highest BCUT2D eigenvalue weighted by Gasteiger charge is 2.16. The lowest BCUT2D eigenvalue weighted by atomic mass is 10.1. The van der Waals surface area contributed by atoms with E-state index in [-0.39, 0.29) is 11.9 Å². The van der Waals surface area contributed by atoms with Gasteiger partial charge in [-0.25, -0.2) is 4.79 Å². The van der Waals surface area contributed by atoms with Crippen LogP contribution in [0.15, 0.2) is 48.6 Å². The number of ether oxygens (including phenoxy) is 2. The summed E-state index contributed by atoms with van der Waals surface area (Å²) in [5.74, 6) is 0.548. The molecular weight excluding hydrogens is 436 g/mol. The van der Waals surface area contributed by atoms with Crippen LogP contribution in [0.25, 0.3) is 22.2 Å². The molecule has 0 aliphatic rings. The molecule has 0 radical (unpaired) electrons. The Hall–Kier alpha value is -3.08. The minimum Gasteiger partial charge on any atom is -0.493 e. The van der Waals surface area contributed by atoms with Gasteiger partial charge in [-0.3, -0.25) is 4.98 Å². The zero-order valence-corrected chi connectivity index (χ0v) is 22.0. The Kier molecular flexibility index (Phi) is 9.53. The molecule has 0 amide bonds. The molecule has 3 rings (SSSR count). The third-order valence-corrected chi connectivity index (χ3v) is 6.25. The third-order valence-electron chi connectivity index (χ3n) is 6.25. The molecule has 0 aliphatic carbocycles. The number of aryl methyl sites for hydroxylation is 3. The van der Waals surface area contributed by atoms with Crippen molar-refractivity contribution in [1.29, 1.82) is 0 Å². The van der Waals surface area contributed by atoms with Crippen LogP contribution >= 0.6 is 0 Å². The van der Waals surface area contributed by atoms with E-state index in [9.17, 15) is 4.79 Å². The number of unbranched alkanes of at least 4 members (excludes halogenated alkanes) is 2. The molecule has 0 bridgehead atoms. The lowest BCUT2D eigenvalue weighted by molar-refractivity contribution is -0.140. The van der Waals surface area contributed by atoms with Crippen LogP contribution in [-0.2, 0) is 28.9 Å². The van der Waals surface area contributed by atoms with Gasteiger partial charge in [-0.15, -0.1) is 0 Å². The molecule has 0 spiro atoms. The van der Waals surface area contributed by atoms with Gasteiger partial charge in [-0.2, -0.15) is 0 Å². The van der Waals surface area contributed by atoms with Crippen LogP contribution in [0.2, 0.25) is 0 Å². The Labute approximate surface area is 210 Å². The number of carbonyl (C=O) groups is 1. The molecule has 2 aromatic heterocycles. The molecule has 3 aromatic rings. The number of benzene rings is 1. The summed E-state index contributed by atoms with van der Waals surface area (Å²) in [6.07, 6.45) is 5.36. The highest BCUT2D eigenvalue weighted by atomic mass is 16.5. The van der Waals surface area contributed by atoms with Crippen molar-refractivity contribution in [1.82, 2.24) is 9.55 Å². The number of nitrogens with zero attached hydrogens (tertiary/aromatic N) is 2. The number of hydrogen-bond acceptors (Lipinski definition) is 4. The van der Waals surface area contributed by atoms with Gasteiger partial charge >= 0.3 is 5.97 Å². The van der Waals surface area contributed by atoms with Gasteiger partial charge < -0.3 is 14.0 Å². The highest BCUT2D eigenvalue weighted by molar-refractivity contribution is 5.88. The summed E-state index contributed by atoms with van der Waals surface area (Å²) in [6, 6.07) is 13.0. The van der Waals surface area contributed by atoms with Crippen LogP contribution in [0, 0.1) is 5.92 Å². The standard InChI is InChI=1S/C30H40N2O3/c1-7-10-11-16-32-28-18-25(34-19-22(6)20-35-30(33)21(4)5)14-12-23(28)17-29(32)26-15-13-24(8-2)31-27(26)9-3/h12-15,17-18,22H,4,7-11,16,19-20H2,1-3,5-6H3. The van der Waals surface area contributed by atoms with Crippen molar-refractivity contribution in [2.75, 3.05) is 13.2 Å². The molecule has 5 nitrogen and oxygen atoms in total. The summed E-state index contributed by atoms with van der Waals surface area (Å²) >= 11 is 0. The largest absolute Gasteiger partial charge is 0.493 e. The Bertz CT molecular complexity index is 1160. The predicted molar refractivity (Wildman–Crippen MR) is 144 cm³/mol. The maximum absolute atomic E-state index is 11.6. The van der Waals surface area contributed by atoms with E-state index >= 15 is 0 Å². The number of hydrogen-bond donors (Lipinski definition) is 0. The number of rotatable bonds is 13. The average Bonchev–Trinajstić information content (AvgIpc) is 3.23. The van der Waals surface area contributed by atoms with Gasteiger partial charge in [0.05, 0.1) is 24.4 Å². The fraction of sp³-hybridized carbons (Fsp3) is 0.467. The zero-order chi connectivity index (χ0) is 25.4. The van der Waals surface area contributed by atoms with Crippen LogP contribution in [0.5, 0.6) is 5.75 Å². The Morgan fingerprint density at radius 3 is 2.54 bits per heavy atom. The second-order valence-electron chi connectivity index (χ2n) is 9.41. The van der Waals surface area contributed by atoms with Crippen LogP contribution in [0.3, 0.4) is 0 Å². The van der Waals surface area contributed by atoms with E-state index in [4.69, 9.17) is 14.5 Å². The average molecular weight is 477 g/mol. The van der Waals surface area contributed by atoms with Crippen LogP contribution < -0.4 is 4.74 Å². The summed E-state index contributed by atoms with van der Waals surface area (Å²) in [5, 5.41) is 1.20. The van der Waals surface area contributed by atoms with Gasteiger partial charge in [0.1, 0.15) is 5.75 Å². The van der Waals surface area contributed by atoms with Crippen molar-refractivity contribution >= 4 is 16.9 Å². The lowest BCUT2D eigenvalue weighted by Crippen LogP contribution is -2.18. The molecule has 35 heavy (non-hydrogen) atoms. The van der Waals surface area contributed by atoms with Gasteiger partial charge in [0.15, 0.2) is 0 Å². The first-order chi connectivity index (χ1) is 16.9. The molecule has 0 aliphatic heterocycles. The number of pyridine rings is 1. The van der Waals surface area contributed by atoms with Crippen molar-refractivity contribution in [3.05, 3.63) is 59.9 Å². The lowest BCUT2D eigenvalue weighted by Gasteiger charge is -2.15. The van der Waals surface area contributed by atoms with Crippen LogP contribution in [0.4, 0.5) is 0 Å². The molecule has 5 heteroatoms. The first-order valence-corrected chi connectivity index (χ1v) is 13.0. The van der Waals surface area contributed by atoms with Gasteiger partial charge in [0.25, 0.3) is 0 Å². The topological polar surface area (TPSA) is 53.4 Å². The summed E-state index contributed by atoms with van der Waals surface area (Å²) < 4.78 is 13.8. The van der Waals surface area contributed by atoms with Gasteiger partial charge in [0.2, 0.25) is 0 Å². The predicted octanol–water partition coefficient (Wildman–Crippen LogP) is 7.15. The number of fused-ring (bicyclic) bond motifs is 1. The quantitative estimate of drug-likeness (QED) is 0.149. The molecule has 0 fully saturated rings. The third kappa shape index (κ3) is 6.74. The Morgan fingerprint density at radius 2 is 1.86 bits per heavy atom. The number of carbonyl (C=O) groups excluding carboxylic acids is 1. The van der Waals surface area contributed by atoms with E-state index in [0.717, 1.165) is 42.9 Å². The number of esters is 1. The van der Waals surface area contributed by atoms with E-state index < -0.39 is 0 Å². The van der Waals surface area contributed by atoms with Gasteiger partial charge in [0, 0.05) is 46.4 Å². The van der Waals surface area contributed by atoms with E-state index in [0.29, 0.717) is 18.8 Å². The molecule has 0 N–H and O–H groups in total. The highest BCUT2D eigenvalue weighted by Crippen LogP contribution is 2.33. The molecule has 0 saturated carbocycles. The summed E-state index contributed by atoms with van der Waals surface area (Å²) in [6.45, 7) is 15.6. The second-order valence-corrected chi connectivity index (χ2v) is 9.41. The molecule has 1 aromatic carbocycles. The molecular formula is C30H40N2O3. The SMILES string of the molecule is C=C(C)C(=O)OCC(C)COc1ccc2cc(-c3ccc(CC)nc3CC)n(CCCCC)c2c1. The normalized spacial score (nSPS) is 12.0. The fourth-order valence-corrected chi connectivity index (χ4v) is 4.18. The first-order valence-electron chi connectivity index (χ1n) is 13.0. The first kappa shape index (κ1) is 26.5. The summed E-state index contributed by atoms with van der Waals surface area (Å²) in [4.78, 5) is 16.6. The zero-order valence-electron chi connectivity index (χ0n) is 22.0. The van der Waals surface area contributed by atoms with E-state index in [2.05, 4.69) is 62.2 Å². The van der Waals surface area contributed by atoms with Crippen LogP contribution in [0.1, 0.15) is 65.3 Å². The summed E-state index contributed by atoms with van der Waals surface area (Å²) in [5.41, 5.74) is 6.31. The van der Waals surface area contributed by atoms with Gasteiger partial charge in [-0.1, -0.05) is 47.1 Å². The molecule has 0 saturated heterocycles. The fourth-order valence-electron chi connectivity index (χ4n) is 4.18. The maximum atomic E-state index is 11.6. The number of aromatic nitrogens is 2. The molecule has 188 valence electrons. The van der Waals surface area contributed by atoms with Crippen molar-refractivity contribution in [2.45, 2.75) is 73.3 Å². The van der Waals surface area contributed by atoms with E-state index in [1.165, 1.54) is 35.0 Å².